The Morgan fingerprint density at radius 1 is 1.53 bits per heavy atom. The molecule has 4 heteroatoms. The summed E-state index contributed by atoms with van der Waals surface area (Å²) in [7, 11) is 1.40. The molecule has 0 heterocycles. The minimum Gasteiger partial charge on any atom is -0.502 e. The molecule has 15 heavy (non-hydrogen) atoms. The summed E-state index contributed by atoms with van der Waals surface area (Å²) in [5, 5.41) is 9.30. The number of phenols is 1. The van der Waals surface area contributed by atoms with Crippen LogP contribution in [0.5, 0.6) is 11.5 Å². The quantitative estimate of drug-likeness (QED) is 0.798. The molecule has 0 radical (unpaired) electrons. The highest BCUT2D eigenvalue weighted by Crippen LogP contribution is 2.38. The summed E-state index contributed by atoms with van der Waals surface area (Å²) in [6.45, 7) is 0. The molecule has 1 aliphatic rings. The smallest absolute Gasteiger partial charge is 0.194 e. The second-order valence-electron chi connectivity index (χ2n) is 4.17. The maximum absolute atomic E-state index is 13.3. The summed E-state index contributed by atoms with van der Waals surface area (Å²) < 4.78 is 18.1. The Balaban J connectivity index is 2.28. The van der Waals surface area contributed by atoms with Crippen LogP contribution in [0.25, 0.3) is 0 Å². The van der Waals surface area contributed by atoms with Crippen LogP contribution in [0.3, 0.4) is 0 Å². The van der Waals surface area contributed by atoms with Crippen LogP contribution in [-0.2, 0) is 6.42 Å². The van der Waals surface area contributed by atoms with E-state index in [1.807, 2.05) is 0 Å². The van der Waals surface area contributed by atoms with Gasteiger partial charge in [0, 0.05) is 5.54 Å². The zero-order valence-electron chi connectivity index (χ0n) is 8.59. The first-order chi connectivity index (χ1) is 7.04. The lowest BCUT2D eigenvalue weighted by atomic mass is 10.0. The Kier molecular flexibility index (Phi) is 2.31. The molecule has 0 unspecified atom stereocenters. The van der Waals surface area contributed by atoms with Crippen LogP contribution in [-0.4, -0.2) is 17.8 Å². The predicted molar refractivity (Wildman–Crippen MR) is 54.5 cm³/mol. The summed E-state index contributed by atoms with van der Waals surface area (Å²) >= 11 is 0. The van der Waals surface area contributed by atoms with Crippen LogP contribution < -0.4 is 10.5 Å². The van der Waals surface area contributed by atoms with Gasteiger partial charge in [-0.2, -0.15) is 0 Å². The molecule has 3 N–H and O–H groups in total. The van der Waals surface area contributed by atoms with Gasteiger partial charge in [-0.15, -0.1) is 0 Å². The third kappa shape index (κ3) is 2.04. The van der Waals surface area contributed by atoms with Crippen molar-refractivity contribution in [3.05, 3.63) is 23.5 Å². The molecular weight excluding hydrogens is 197 g/mol. The van der Waals surface area contributed by atoms with E-state index < -0.39 is 11.6 Å². The van der Waals surface area contributed by atoms with Crippen molar-refractivity contribution >= 4 is 0 Å². The van der Waals surface area contributed by atoms with Crippen molar-refractivity contribution in [3.63, 3.8) is 0 Å². The Bertz CT molecular complexity index is 388. The highest BCUT2D eigenvalue weighted by molar-refractivity contribution is 5.43. The molecule has 1 aromatic rings. The van der Waals surface area contributed by atoms with Gasteiger partial charge in [0.2, 0.25) is 0 Å². The van der Waals surface area contributed by atoms with Gasteiger partial charge >= 0.3 is 0 Å². The molecule has 82 valence electrons. The molecule has 3 nitrogen and oxygen atoms in total. The van der Waals surface area contributed by atoms with E-state index in [0.29, 0.717) is 6.42 Å². The summed E-state index contributed by atoms with van der Waals surface area (Å²) in [6.07, 6.45) is 2.57. The lowest BCUT2D eigenvalue weighted by Crippen LogP contribution is -2.24. The van der Waals surface area contributed by atoms with Gasteiger partial charge < -0.3 is 15.6 Å². The zero-order valence-corrected chi connectivity index (χ0v) is 8.59. The average molecular weight is 211 g/mol. The molecule has 0 aliphatic heterocycles. The van der Waals surface area contributed by atoms with Crippen LogP contribution in [0.1, 0.15) is 18.4 Å². The topological polar surface area (TPSA) is 55.5 Å². The highest BCUT2D eigenvalue weighted by Gasteiger charge is 2.38. The Labute approximate surface area is 87.7 Å². The van der Waals surface area contributed by atoms with Crippen LogP contribution >= 0.6 is 0 Å². The van der Waals surface area contributed by atoms with E-state index in [9.17, 15) is 9.50 Å². The molecule has 2 rings (SSSR count). The lowest BCUT2D eigenvalue weighted by Gasteiger charge is -2.11. The van der Waals surface area contributed by atoms with Gasteiger partial charge in [0.25, 0.3) is 0 Å². The number of methoxy groups -OCH3 is 1. The van der Waals surface area contributed by atoms with E-state index in [2.05, 4.69) is 0 Å². The monoisotopic (exact) mass is 211 g/mol. The second kappa shape index (κ2) is 3.38. The van der Waals surface area contributed by atoms with E-state index in [0.717, 1.165) is 18.4 Å². The molecule has 0 bridgehead atoms. The number of hydrogen-bond acceptors (Lipinski definition) is 3. The number of ether oxygens (including phenoxy) is 1. The first kappa shape index (κ1) is 10.2. The van der Waals surface area contributed by atoms with Crippen LogP contribution in [0.4, 0.5) is 4.39 Å². The molecule has 0 atom stereocenters. The van der Waals surface area contributed by atoms with Crippen molar-refractivity contribution in [2.24, 2.45) is 5.73 Å². The average Bonchev–Trinajstić information content (AvgIpc) is 2.89. The normalized spacial score (nSPS) is 17.5. The lowest BCUT2D eigenvalue weighted by molar-refractivity contribution is 0.356. The number of rotatable bonds is 3. The number of phenolic OH excluding ortho intramolecular Hbond substituents is 1. The molecule has 0 saturated heterocycles. The fourth-order valence-electron chi connectivity index (χ4n) is 1.63. The number of hydrogen-bond donors (Lipinski definition) is 2. The maximum Gasteiger partial charge on any atom is 0.194 e. The van der Waals surface area contributed by atoms with Gasteiger partial charge in [0.05, 0.1) is 7.11 Å². The van der Waals surface area contributed by atoms with Crippen molar-refractivity contribution in [1.29, 1.82) is 0 Å². The van der Waals surface area contributed by atoms with Crippen molar-refractivity contribution in [3.8, 4) is 11.5 Å². The van der Waals surface area contributed by atoms with E-state index in [-0.39, 0.29) is 11.3 Å². The number of halogens is 1. The van der Waals surface area contributed by atoms with Gasteiger partial charge in [0.1, 0.15) is 0 Å². The second-order valence-corrected chi connectivity index (χ2v) is 4.17. The van der Waals surface area contributed by atoms with Gasteiger partial charge in [0.15, 0.2) is 17.3 Å². The molecule has 1 aliphatic carbocycles. The third-order valence-electron chi connectivity index (χ3n) is 2.76. The first-order valence-corrected chi connectivity index (χ1v) is 4.88. The Morgan fingerprint density at radius 2 is 2.20 bits per heavy atom. The molecule has 0 aromatic heterocycles. The minimum atomic E-state index is -0.659. The summed E-state index contributed by atoms with van der Waals surface area (Å²) in [5.74, 6) is -0.939. The predicted octanol–water partition coefficient (Wildman–Crippen LogP) is 1.57. The van der Waals surface area contributed by atoms with Gasteiger partial charge in [-0.25, -0.2) is 4.39 Å². The Hall–Kier alpha value is -1.29. The third-order valence-corrected chi connectivity index (χ3v) is 2.76. The number of nitrogens with two attached hydrogens (primary N) is 1. The van der Waals surface area contributed by atoms with Crippen molar-refractivity contribution in [2.75, 3.05) is 7.11 Å². The fraction of sp³-hybridized carbons (Fsp3) is 0.455. The molecule has 0 amide bonds. The van der Waals surface area contributed by atoms with E-state index in [4.69, 9.17) is 10.5 Å². The standard InChI is InChI=1S/C11H14FNO2/c1-15-9-5-7(4-8(12)10(9)14)6-11(13)2-3-11/h4-5,14H,2-3,6,13H2,1H3. The number of benzene rings is 1. The minimum absolute atomic E-state index is 0.161. The fourth-order valence-corrected chi connectivity index (χ4v) is 1.63. The van der Waals surface area contributed by atoms with Crippen LogP contribution in [0.15, 0.2) is 12.1 Å². The largest absolute Gasteiger partial charge is 0.502 e. The van der Waals surface area contributed by atoms with Gasteiger partial charge in [-0.1, -0.05) is 0 Å². The number of aromatic hydroxyl groups is 1. The maximum atomic E-state index is 13.3. The Morgan fingerprint density at radius 3 is 2.73 bits per heavy atom. The SMILES string of the molecule is COc1cc(CC2(N)CC2)cc(F)c1O. The van der Waals surface area contributed by atoms with Gasteiger partial charge in [-0.05, 0) is 37.0 Å². The van der Waals surface area contributed by atoms with Crippen LogP contribution in [0.2, 0.25) is 0 Å². The first-order valence-electron chi connectivity index (χ1n) is 4.88. The van der Waals surface area contributed by atoms with Crippen molar-refractivity contribution in [1.82, 2.24) is 0 Å². The van der Waals surface area contributed by atoms with E-state index in [1.54, 1.807) is 6.07 Å². The van der Waals surface area contributed by atoms with Crippen molar-refractivity contribution in [2.45, 2.75) is 24.8 Å². The molecule has 1 saturated carbocycles. The molecule has 1 aromatic carbocycles. The van der Waals surface area contributed by atoms with E-state index >= 15 is 0 Å². The molecule has 1 fully saturated rings. The van der Waals surface area contributed by atoms with E-state index in [1.165, 1.54) is 13.2 Å². The zero-order chi connectivity index (χ0) is 11.1. The van der Waals surface area contributed by atoms with Crippen molar-refractivity contribution < 1.29 is 14.2 Å². The molecular formula is C11H14FNO2. The summed E-state index contributed by atoms with van der Waals surface area (Å²) in [4.78, 5) is 0. The van der Waals surface area contributed by atoms with Gasteiger partial charge in [-0.3, -0.25) is 0 Å². The summed E-state index contributed by atoms with van der Waals surface area (Å²) in [5.41, 5.74) is 6.53. The highest BCUT2D eigenvalue weighted by atomic mass is 19.1. The van der Waals surface area contributed by atoms with Crippen LogP contribution in [0, 0.1) is 5.82 Å². The molecule has 0 spiro atoms. The summed E-state index contributed by atoms with van der Waals surface area (Å²) in [6, 6.07) is 2.94.